The van der Waals surface area contributed by atoms with Crippen molar-refractivity contribution < 1.29 is 74.3 Å². The summed E-state index contributed by atoms with van der Waals surface area (Å²) in [6, 6.07) is 40.3. The first-order chi connectivity index (χ1) is 60.0. The molecule has 2 atom stereocenters. The van der Waals surface area contributed by atoms with Gasteiger partial charge in [-0.05, 0) is 171 Å². The molecule has 31 nitrogen and oxygen atoms in total. The third-order valence-corrected chi connectivity index (χ3v) is 20.8. The van der Waals surface area contributed by atoms with Crippen molar-refractivity contribution in [1.29, 1.82) is 0 Å². The van der Waals surface area contributed by atoms with Gasteiger partial charge in [0.05, 0.1) is 32.0 Å². The molecule has 12 aromatic rings. The van der Waals surface area contributed by atoms with Gasteiger partial charge in [-0.3, -0.25) is 14.4 Å². The van der Waals surface area contributed by atoms with E-state index in [0.29, 0.717) is 197 Å². The summed E-state index contributed by atoms with van der Waals surface area (Å²) in [5.74, 6) is 3.25. The lowest BCUT2D eigenvalue weighted by Gasteiger charge is -2.35. The van der Waals surface area contributed by atoms with E-state index in [2.05, 4.69) is 70.0 Å². The molecule has 17 rings (SSSR count). The van der Waals surface area contributed by atoms with Gasteiger partial charge >= 0.3 is 0 Å². The SMILES string of the molecule is O=C(Cn1nc(-c2ccc(F)cc2)nc1-c1ccc(F)cc1)N1CCN(c2cc(OCC3CCCO3)ncn2)CC1.O=C(Cn1nc(-c2ccc(F)cc2)nc1-c1ccc(F)cc1)N1CCN(c2cc(OCCOCCO)ncn2)CC1.O=C(Cn1nc(-c2ccc(F)cc2)nc1-c1ccc(F)cc1)N1CCN(c2cc(OC[C@H]3CCCO3)ncn2)CC1. The second kappa shape index (κ2) is 40.8. The number of rotatable bonds is 27. The van der Waals surface area contributed by atoms with E-state index in [9.17, 15) is 40.7 Å². The highest BCUT2D eigenvalue weighted by Crippen LogP contribution is 2.31. The summed E-state index contributed by atoms with van der Waals surface area (Å²) in [4.78, 5) is 91.1. The Hall–Kier alpha value is -13.4. The van der Waals surface area contributed by atoms with Crippen LogP contribution < -0.4 is 28.9 Å². The lowest BCUT2D eigenvalue weighted by molar-refractivity contribution is -0.133. The largest absolute Gasteiger partial charge is 0.475 e. The lowest BCUT2D eigenvalue weighted by Crippen LogP contribution is -2.50. The first-order valence-electron chi connectivity index (χ1n) is 40.3. The molecule has 0 radical (unpaired) electrons. The van der Waals surface area contributed by atoms with Crippen molar-refractivity contribution in [1.82, 2.24) is 88.9 Å². The Morgan fingerprint density at radius 2 is 0.642 bits per heavy atom. The predicted molar refractivity (Wildman–Crippen MR) is 437 cm³/mol. The van der Waals surface area contributed by atoms with Crippen molar-refractivity contribution in [3.63, 3.8) is 0 Å². The van der Waals surface area contributed by atoms with E-state index >= 15 is 0 Å². The first-order valence-corrected chi connectivity index (χ1v) is 40.3. The number of carbonyl (C=O) groups is 3. The number of hydrogen-bond donors (Lipinski definition) is 1. The third-order valence-electron chi connectivity index (χ3n) is 20.8. The molecule has 1 unspecified atom stereocenters. The molecule has 0 aliphatic carbocycles. The van der Waals surface area contributed by atoms with Crippen LogP contribution >= 0.6 is 0 Å². The summed E-state index contributed by atoms with van der Waals surface area (Å²) in [5.41, 5.74) is 3.65. The molecule has 5 saturated heterocycles. The molecule has 5 aliphatic rings. The minimum Gasteiger partial charge on any atom is -0.475 e. The number of aliphatic hydroxyl groups excluding tert-OH is 1. The van der Waals surface area contributed by atoms with Gasteiger partial charge in [-0.1, -0.05) is 0 Å². The van der Waals surface area contributed by atoms with E-state index < -0.39 is 0 Å². The van der Waals surface area contributed by atoms with Crippen LogP contribution in [0.5, 0.6) is 17.6 Å². The second-order valence-electron chi connectivity index (χ2n) is 29.1. The number of amides is 3. The number of benzene rings is 6. The van der Waals surface area contributed by atoms with E-state index in [1.807, 2.05) is 17.0 Å². The summed E-state index contributed by atoms with van der Waals surface area (Å²) in [6.45, 7) is 9.59. The Morgan fingerprint density at radius 3 is 0.919 bits per heavy atom. The van der Waals surface area contributed by atoms with Crippen LogP contribution in [-0.4, -0.2) is 255 Å². The molecular weight excluding hydrogens is 1600 g/mol. The van der Waals surface area contributed by atoms with Crippen LogP contribution in [0.4, 0.5) is 43.8 Å². The number of hydrogen-bond acceptors (Lipinski definition) is 25. The first kappa shape index (κ1) is 84.6. The molecule has 0 bridgehead atoms. The average molecular weight is 1690 g/mol. The summed E-state index contributed by atoms with van der Waals surface area (Å²) >= 11 is 0. The van der Waals surface area contributed by atoms with Gasteiger partial charge in [0, 0.05) is 143 Å². The highest BCUT2D eigenvalue weighted by atomic mass is 19.1. The molecule has 123 heavy (non-hydrogen) atoms. The maximum atomic E-state index is 13.6. The maximum Gasteiger partial charge on any atom is 0.244 e. The molecule has 11 heterocycles. The van der Waals surface area contributed by atoms with Crippen molar-refractivity contribution >= 4 is 35.2 Å². The number of carbonyl (C=O) groups excluding carboxylic acids is 3. The minimum atomic E-state index is -0.387. The maximum absolute atomic E-state index is 13.6. The molecule has 5 aliphatic heterocycles. The number of aromatic nitrogens is 15. The Labute approximate surface area is 702 Å². The average Bonchev–Trinajstić information content (AvgIpc) is 1.66. The summed E-state index contributed by atoms with van der Waals surface area (Å²) < 4.78 is 119. The molecule has 1 N–H and O–H groups in total. The van der Waals surface area contributed by atoms with Gasteiger partial charge in [0.1, 0.15) is 111 Å². The second-order valence-corrected chi connectivity index (χ2v) is 29.1. The number of piperazine rings is 3. The normalized spacial score (nSPS) is 15.9. The van der Waals surface area contributed by atoms with E-state index in [1.165, 1.54) is 106 Å². The number of ether oxygens (including phenoxy) is 6. The lowest BCUT2D eigenvalue weighted by atomic mass is 10.2. The number of aliphatic hydroxyl groups is 1. The van der Waals surface area contributed by atoms with Crippen molar-refractivity contribution in [3.05, 3.63) is 218 Å². The molecule has 638 valence electrons. The fourth-order valence-electron chi connectivity index (χ4n) is 14.2. The Balaban J connectivity index is 0.000000143. The topological polar surface area (TPSA) is 316 Å². The molecule has 6 aromatic heterocycles. The molecule has 6 aromatic carbocycles. The number of anilines is 3. The minimum absolute atomic E-state index is 0.0442. The highest BCUT2D eigenvalue weighted by Gasteiger charge is 2.30. The van der Waals surface area contributed by atoms with Gasteiger partial charge in [-0.15, -0.1) is 15.3 Å². The third kappa shape index (κ3) is 22.6. The van der Waals surface area contributed by atoms with Crippen LogP contribution in [0.2, 0.25) is 0 Å². The smallest absolute Gasteiger partial charge is 0.244 e. The summed E-state index contributed by atoms with van der Waals surface area (Å²) in [7, 11) is 0. The zero-order valence-electron chi connectivity index (χ0n) is 66.8. The molecule has 0 saturated carbocycles. The van der Waals surface area contributed by atoms with Crippen molar-refractivity contribution in [3.8, 4) is 86.0 Å². The summed E-state index contributed by atoms with van der Waals surface area (Å²) in [5, 5.41) is 22.4. The number of halogens is 6. The van der Waals surface area contributed by atoms with Crippen LogP contribution in [0.25, 0.3) is 68.3 Å². The Morgan fingerprint density at radius 1 is 0.358 bits per heavy atom. The fraction of sp³-hybridized carbons (Fsp3) is 0.337. The zero-order valence-corrected chi connectivity index (χ0v) is 66.8. The van der Waals surface area contributed by atoms with Crippen molar-refractivity contribution in [2.24, 2.45) is 0 Å². The van der Waals surface area contributed by atoms with E-state index in [1.54, 1.807) is 93.6 Å². The molecule has 0 spiro atoms. The predicted octanol–water partition coefficient (Wildman–Crippen LogP) is 9.59. The zero-order chi connectivity index (χ0) is 85.0. The van der Waals surface area contributed by atoms with Crippen molar-refractivity contribution in [2.75, 3.05) is 146 Å². The Kier molecular flexibility index (Phi) is 28.1. The summed E-state index contributed by atoms with van der Waals surface area (Å²) in [6.07, 6.45) is 8.67. The Bertz CT molecular complexity index is 5250. The number of nitrogens with zero attached hydrogens (tertiary/aromatic N) is 21. The van der Waals surface area contributed by atoms with Gasteiger partial charge < -0.3 is 62.9 Å². The van der Waals surface area contributed by atoms with Gasteiger partial charge in [0.25, 0.3) is 0 Å². The molecule has 37 heteroatoms. The van der Waals surface area contributed by atoms with Crippen molar-refractivity contribution in [2.45, 2.75) is 57.5 Å². The van der Waals surface area contributed by atoms with Gasteiger partial charge in [0.2, 0.25) is 35.4 Å². The van der Waals surface area contributed by atoms with Gasteiger partial charge in [-0.2, -0.15) is 0 Å². The monoisotopic (exact) mass is 1690 g/mol. The van der Waals surface area contributed by atoms with Gasteiger partial charge in [-0.25, -0.2) is 85.2 Å². The van der Waals surface area contributed by atoms with E-state index in [-0.39, 0.29) is 97.7 Å². The van der Waals surface area contributed by atoms with Crippen LogP contribution in [-0.2, 0) is 48.2 Å². The van der Waals surface area contributed by atoms with Crippen LogP contribution in [0.15, 0.2) is 183 Å². The van der Waals surface area contributed by atoms with Crippen LogP contribution in [0.1, 0.15) is 25.7 Å². The van der Waals surface area contributed by atoms with Crippen LogP contribution in [0.3, 0.4) is 0 Å². The van der Waals surface area contributed by atoms with E-state index in [0.717, 1.165) is 50.5 Å². The van der Waals surface area contributed by atoms with Gasteiger partial charge in [0.15, 0.2) is 34.9 Å². The van der Waals surface area contributed by atoms with Crippen LogP contribution in [0, 0.1) is 34.9 Å². The molecule has 3 amide bonds. The highest BCUT2D eigenvalue weighted by molar-refractivity contribution is 5.79. The van der Waals surface area contributed by atoms with E-state index in [4.69, 9.17) is 33.5 Å². The fourth-order valence-corrected chi connectivity index (χ4v) is 14.2. The quantitative estimate of drug-likeness (QED) is 0.0370. The standard InChI is InChI=1S/2C29H29F2N7O3.C28H29F2N7O4/c2*30-22-7-3-20(4-8-22)28-34-29(21-5-9-23(31)10-6-21)38(35-28)17-27(39)37-13-11-36(12-14-37)25-16-26(33-19-32-25)41-18-24-2-1-15-40-24;29-22-5-1-20(2-6-22)27-33-28(21-3-7-23(30)8-4-21)37(34-27)18-26(39)36-11-9-35(10-12-36)24-17-25(32-19-31-24)41-16-15-40-14-13-38/h2*3-10,16,19,24H,1-2,11-15,17-18H2;1-8,17,19,38H,9-16,18H2/t24-;;/m1../s1. The molecular formula is C86H87F6N21O10. The molecule has 5 fully saturated rings.